The lowest BCUT2D eigenvalue weighted by Gasteiger charge is -2.27. The molecule has 0 radical (unpaired) electrons. The van der Waals surface area contributed by atoms with Crippen LogP contribution in [0.4, 0.5) is 5.69 Å². The highest BCUT2D eigenvalue weighted by molar-refractivity contribution is 7.92. The van der Waals surface area contributed by atoms with E-state index in [1.807, 2.05) is 57.2 Å². The lowest BCUT2D eigenvalue weighted by atomic mass is 10.1. The van der Waals surface area contributed by atoms with Crippen molar-refractivity contribution in [1.29, 1.82) is 0 Å². The van der Waals surface area contributed by atoms with Gasteiger partial charge in [0.05, 0.1) is 11.9 Å². The van der Waals surface area contributed by atoms with Crippen molar-refractivity contribution in [3.05, 3.63) is 65.2 Å². The van der Waals surface area contributed by atoms with Crippen LogP contribution in [0.2, 0.25) is 0 Å². The number of amides is 1. The average Bonchev–Trinajstić information content (AvgIpc) is 2.56. The summed E-state index contributed by atoms with van der Waals surface area (Å²) in [6, 6.07) is 15.2. The molecule has 0 N–H and O–H groups in total. The third-order valence-electron chi connectivity index (χ3n) is 4.12. The van der Waals surface area contributed by atoms with Crippen LogP contribution < -0.4 is 4.31 Å². The number of hydrogen-bond donors (Lipinski definition) is 0. The van der Waals surface area contributed by atoms with E-state index in [9.17, 15) is 13.2 Å². The number of nitrogens with zero attached hydrogens (tertiary/aromatic N) is 2. The maximum atomic E-state index is 12.8. The molecule has 0 aromatic heterocycles. The Labute approximate surface area is 156 Å². The average molecular weight is 375 g/mol. The molecule has 1 amide bonds. The molecule has 0 aliphatic carbocycles. The first-order chi connectivity index (χ1) is 12.2. The fourth-order valence-corrected chi connectivity index (χ4v) is 3.73. The Morgan fingerprint density at radius 1 is 1.00 bits per heavy atom. The van der Waals surface area contributed by atoms with Crippen LogP contribution in [0, 0.1) is 13.8 Å². The van der Waals surface area contributed by atoms with Gasteiger partial charge in [0.15, 0.2) is 0 Å². The molecule has 2 aromatic rings. The van der Waals surface area contributed by atoms with Crippen molar-refractivity contribution in [3.8, 4) is 0 Å². The van der Waals surface area contributed by atoms with E-state index in [1.54, 1.807) is 17.0 Å². The van der Waals surface area contributed by atoms with Crippen molar-refractivity contribution in [2.24, 2.45) is 0 Å². The molecule has 2 rings (SSSR count). The van der Waals surface area contributed by atoms with Gasteiger partial charge in [-0.2, -0.15) is 0 Å². The van der Waals surface area contributed by atoms with E-state index in [1.165, 1.54) is 4.31 Å². The quantitative estimate of drug-likeness (QED) is 0.748. The minimum atomic E-state index is -3.58. The molecule has 0 fully saturated rings. The van der Waals surface area contributed by atoms with Crippen LogP contribution >= 0.6 is 0 Å². The maximum absolute atomic E-state index is 12.8. The van der Waals surface area contributed by atoms with E-state index in [2.05, 4.69) is 0 Å². The number of aryl methyl sites for hydroxylation is 2. The summed E-state index contributed by atoms with van der Waals surface area (Å²) in [5.74, 6) is -0.221. The van der Waals surface area contributed by atoms with Gasteiger partial charge in [-0.15, -0.1) is 0 Å². The molecule has 0 unspecified atom stereocenters. The van der Waals surface area contributed by atoms with Gasteiger partial charge in [0.25, 0.3) is 0 Å². The molecule has 0 atom stereocenters. The highest BCUT2D eigenvalue weighted by Gasteiger charge is 2.24. The number of rotatable bonds is 7. The van der Waals surface area contributed by atoms with Crippen LogP contribution in [-0.4, -0.2) is 38.6 Å². The summed E-state index contributed by atoms with van der Waals surface area (Å²) in [5.41, 5.74) is 3.45. The Balaban J connectivity index is 2.25. The fraction of sp³-hybridized carbons (Fsp3) is 0.350. The van der Waals surface area contributed by atoms with Gasteiger partial charge in [0.2, 0.25) is 15.9 Å². The van der Waals surface area contributed by atoms with Gasteiger partial charge in [-0.3, -0.25) is 9.10 Å². The van der Waals surface area contributed by atoms with Gasteiger partial charge >= 0.3 is 0 Å². The monoisotopic (exact) mass is 374 g/mol. The van der Waals surface area contributed by atoms with Crippen molar-refractivity contribution in [3.63, 3.8) is 0 Å². The van der Waals surface area contributed by atoms with Gasteiger partial charge < -0.3 is 4.90 Å². The number of likely N-dealkylation sites (N-methyl/N-ethyl adjacent to an activating group) is 1. The molecular formula is C20H26N2O3S. The lowest BCUT2D eigenvalue weighted by Crippen LogP contribution is -2.42. The van der Waals surface area contributed by atoms with Crippen molar-refractivity contribution in [1.82, 2.24) is 4.90 Å². The number of carbonyl (C=O) groups excluding carboxylic acids is 1. The molecule has 0 saturated carbocycles. The van der Waals surface area contributed by atoms with Crippen LogP contribution in [0.15, 0.2) is 48.5 Å². The standard InChI is InChI=1S/C20H26N2O3S/c1-5-21(14-18-9-7-6-8-10-18)20(23)15-22(26(4,24)25)19-12-16(2)11-17(3)13-19/h6-13H,5,14-15H2,1-4H3. The highest BCUT2D eigenvalue weighted by atomic mass is 32.2. The van der Waals surface area contributed by atoms with Gasteiger partial charge in [-0.1, -0.05) is 36.4 Å². The first-order valence-electron chi connectivity index (χ1n) is 8.58. The Morgan fingerprint density at radius 2 is 1.58 bits per heavy atom. The summed E-state index contributed by atoms with van der Waals surface area (Å²) < 4.78 is 25.8. The second-order valence-corrected chi connectivity index (χ2v) is 8.42. The van der Waals surface area contributed by atoms with E-state index in [4.69, 9.17) is 0 Å². The third-order valence-corrected chi connectivity index (χ3v) is 5.26. The summed E-state index contributed by atoms with van der Waals surface area (Å²) in [6.07, 6.45) is 1.13. The predicted molar refractivity (Wildman–Crippen MR) is 106 cm³/mol. The number of hydrogen-bond acceptors (Lipinski definition) is 3. The zero-order chi connectivity index (χ0) is 19.3. The number of carbonyl (C=O) groups is 1. The fourth-order valence-electron chi connectivity index (χ4n) is 2.90. The molecule has 0 heterocycles. The van der Waals surface area contributed by atoms with Crippen LogP contribution in [0.3, 0.4) is 0 Å². The summed E-state index contributed by atoms with van der Waals surface area (Å²) in [5, 5.41) is 0. The molecule has 26 heavy (non-hydrogen) atoms. The van der Waals surface area contributed by atoms with Crippen LogP contribution in [0.5, 0.6) is 0 Å². The van der Waals surface area contributed by atoms with E-state index < -0.39 is 10.0 Å². The third kappa shape index (κ3) is 5.33. The zero-order valence-corrected chi connectivity index (χ0v) is 16.6. The van der Waals surface area contributed by atoms with E-state index in [-0.39, 0.29) is 12.5 Å². The molecule has 0 aliphatic rings. The Kier molecular flexibility index (Phi) is 6.42. The smallest absolute Gasteiger partial charge is 0.243 e. The van der Waals surface area contributed by atoms with E-state index in [0.29, 0.717) is 18.8 Å². The predicted octanol–water partition coefficient (Wildman–Crippen LogP) is 3.12. The zero-order valence-electron chi connectivity index (χ0n) is 15.8. The summed E-state index contributed by atoms with van der Waals surface area (Å²) in [7, 11) is -3.58. The van der Waals surface area contributed by atoms with E-state index >= 15 is 0 Å². The molecule has 0 bridgehead atoms. The first-order valence-corrected chi connectivity index (χ1v) is 10.4. The molecule has 140 valence electrons. The molecule has 2 aromatic carbocycles. The van der Waals surface area contributed by atoms with Gasteiger partial charge in [0, 0.05) is 13.1 Å². The summed E-state index contributed by atoms with van der Waals surface area (Å²) in [6.45, 7) is 6.47. The van der Waals surface area contributed by atoms with Crippen molar-refractivity contribution >= 4 is 21.6 Å². The Morgan fingerprint density at radius 3 is 2.08 bits per heavy atom. The summed E-state index contributed by atoms with van der Waals surface area (Å²) in [4.78, 5) is 14.5. The van der Waals surface area contributed by atoms with Crippen LogP contribution in [0.25, 0.3) is 0 Å². The largest absolute Gasteiger partial charge is 0.337 e. The molecular weight excluding hydrogens is 348 g/mol. The second kappa shape index (κ2) is 8.36. The van der Waals surface area contributed by atoms with Crippen molar-refractivity contribution < 1.29 is 13.2 Å². The van der Waals surface area contributed by atoms with Crippen LogP contribution in [-0.2, 0) is 21.4 Å². The Bertz CT molecular complexity index is 844. The molecule has 0 aliphatic heterocycles. The SMILES string of the molecule is CCN(Cc1ccccc1)C(=O)CN(c1cc(C)cc(C)c1)S(C)(=O)=O. The number of benzene rings is 2. The normalized spacial score (nSPS) is 11.2. The number of anilines is 1. The van der Waals surface area contributed by atoms with E-state index in [0.717, 1.165) is 22.9 Å². The van der Waals surface area contributed by atoms with Crippen LogP contribution in [0.1, 0.15) is 23.6 Å². The highest BCUT2D eigenvalue weighted by Crippen LogP contribution is 2.21. The first kappa shape index (κ1) is 20.0. The Hall–Kier alpha value is -2.34. The van der Waals surface area contributed by atoms with Gasteiger partial charge in [-0.05, 0) is 49.6 Å². The number of sulfonamides is 1. The maximum Gasteiger partial charge on any atom is 0.243 e. The second-order valence-electron chi connectivity index (χ2n) is 6.51. The topological polar surface area (TPSA) is 57.7 Å². The minimum Gasteiger partial charge on any atom is -0.337 e. The molecule has 0 spiro atoms. The molecule has 5 nitrogen and oxygen atoms in total. The van der Waals surface area contributed by atoms with Gasteiger partial charge in [0.1, 0.15) is 6.54 Å². The summed E-state index contributed by atoms with van der Waals surface area (Å²) >= 11 is 0. The molecule has 6 heteroatoms. The van der Waals surface area contributed by atoms with Gasteiger partial charge in [-0.25, -0.2) is 8.42 Å². The minimum absolute atomic E-state index is 0.206. The van der Waals surface area contributed by atoms with Crippen molar-refractivity contribution in [2.75, 3.05) is 23.7 Å². The van der Waals surface area contributed by atoms with Crippen molar-refractivity contribution in [2.45, 2.75) is 27.3 Å². The molecule has 0 saturated heterocycles. The lowest BCUT2D eigenvalue weighted by molar-refractivity contribution is -0.129.